The van der Waals surface area contributed by atoms with Gasteiger partial charge in [0, 0.05) is 32.5 Å². The predicted octanol–water partition coefficient (Wildman–Crippen LogP) is 1.86. The highest BCUT2D eigenvalue weighted by molar-refractivity contribution is 7.89. The molecule has 0 saturated carbocycles. The molecule has 15 nitrogen and oxygen atoms in total. The molecule has 43 heavy (non-hydrogen) atoms. The molecule has 1 saturated heterocycles. The first kappa shape index (κ1) is 32.3. The van der Waals surface area contributed by atoms with Crippen molar-refractivity contribution in [1.82, 2.24) is 23.9 Å². The van der Waals surface area contributed by atoms with Crippen molar-refractivity contribution in [3.63, 3.8) is 0 Å². The van der Waals surface area contributed by atoms with Gasteiger partial charge in [-0.3, -0.25) is 4.79 Å². The summed E-state index contributed by atoms with van der Waals surface area (Å²) in [6.45, 7) is 5.33. The molecule has 1 atom stereocenters. The standard InChI is InChI=1S/C27H38N6O9S/c1-4-6-23-28-18(3)24-26(35)29-25(30-32(23)24)21-17-20(7-8-22(21)41-5-2)43(39,40)31-13-9-19(10-14-31)27(36,11-15-34)12-16-42-33(37)38/h7-8,17,19,34,36H,4-6,9-16H2,1-3H3,(H,29,30,35). The van der Waals surface area contributed by atoms with Crippen molar-refractivity contribution in [2.45, 2.75) is 69.8 Å². The monoisotopic (exact) mass is 622 g/mol. The van der Waals surface area contributed by atoms with Gasteiger partial charge in [0.25, 0.3) is 10.6 Å². The number of ether oxygens (including phenoxy) is 1. The smallest absolute Gasteiger partial charge is 0.294 e. The lowest BCUT2D eigenvalue weighted by molar-refractivity contribution is -0.758. The van der Waals surface area contributed by atoms with Crippen LogP contribution in [0.2, 0.25) is 0 Å². The Hall–Kier alpha value is -3.60. The highest BCUT2D eigenvalue weighted by Gasteiger charge is 2.40. The third-order valence-corrected chi connectivity index (χ3v) is 9.75. The number of sulfonamides is 1. The molecule has 0 bridgehead atoms. The number of fused-ring (bicyclic) bond motifs is 1. The Morgan fingerprint density at radius 3 is 2.58 bits per heavy atom. The summed E-state index contributed by atoms with van der Waals surface area (Å²) in [6, 6.07) is 4.40. The van der Waals surface area contributed by atoms with E-state index in [-0.39, 0.29) is 62.7 Å². The minimum atomic E-state index is -4.01. The van der Waals surface area contributed by atoms with Crippen molar-refractivity contribution in [2.24, 2.45) is 5.92 Å². The van der Waals surface area contributed by atoms with E-state index in [0.717, 1.165) is 6.42 Å². The van der Waals surface area contributed by atoms with Gasteiger partial charge in [0.15, 0.2) is 11.3 Å². The number of aryl methyl sites for hydroxylation is 2. The Kier molecular flexibility index (Phi) is 10.0. The van der Waals surface area contributed by atoms with E-state index in [9.17, 15) is 33.5 Å². The number of imidazole rings is 1. The minimum absolute atomic E-state index is 0.0142. The molecular weight excluding hydrogens is 584 g/mol. The van der Waals surface area contributed by atoms with Crippen LogP contribution in [-0.4, -0.2) is 86.1 Å². The molecule has 1 aromatic carbocycles. The number of rotatable bonds is 14. The van der Waals surface area contributed by atoms with Crippen molar-refractivity contribution in [2.75, 3.05) is 32.9 Å². The van der Waals surface area contributed by atoms with Crippen LogP contribution in [-0.2, 0) is 21.3 Å². The van der Waals surface area contributed by atoms with Gasteiger partial charge in [0.2, 0.25) is 10.0 Å². The third kappa shape index (κ3) is 6.82. The Morgan fingerprint density at radius 2 is 1.95 bits per heavy atom. The Morgan fingerprint density at radius 1 is 1.23 bits per heavy atom. The second-order valence-electron chi connectivity index (χ2n) is 10.6. The molecule has 0 radical (unpaired) electrons. The van der Waals surface area contributed by atoms with Gasteiger partial charge in [-0.1, -0.05) is 6.92 Å². The number of hydrogen-bond acceptors (Lipinski definition) is 11. The molecule has 0 spiro atoms. The summed E-state index contributed by atoms with van der Waals surface area (Å²) < 4.78 is 36.1. The molecule has 3 aromatic rings. The minimum Gasteiger partial charge on any atom is -0.493 e. The van der Waals surface area contributed by atoms with E-state index in [1.807, 2.05) is 6.92 Å². The average molecular weight is 623 g/mol. The van der Waals surface area contributed by atoms with Gasteiger partial charge in [0.1, 0.15) is 11.6 Å². The van der Waals surface area contributed by atoms with Crippen molar-refractivity contribution in [1.29, 1.82) is 0 Å². The maximum absolute atomic E-state index is 13.8. The second-order valence-corrected chi connectivity index (χ2v) is 12.5. The van der Waals surface area contributed by atoms with E-state index in [4.69, 9.17) is 4.74 Å². The lowest BCUT2D eigenvalue weighted by atomic mass is 9.77. The molecule has 236 valence electrons. The Bertz CT molecular complexity index is 1610. The predicted molar refractivity (Wildman–Crippen MR) is 155 cm³/mol. The van der Waals surface area contributed by atoms with E-state index in [1.54, 1.807) is 13.8 Å². The molecular formula is C27H38N6O9S. The van der Waals surface area contributed by atoms with Gasteiger partial charge in [-0.15, -0.1) is 15.2 Å². The molecule has 0 aliphatic carbocycles. The SMILES string of the molecule is CCCc1nc(C)c2c(=O)[nH]c(-c3cc(S(=O)(=O)N4CCC(C(O)(CCO)CCO[N+](=O)[O-])CC4)ccc3OCC)nn12. The Balaban J connectivity index is 1.63. The Labute approximate surface area is 248 Å². The summed E-state index contributed by atoms with van der Waals surface area (Å²) in [5.74, 6) is 0.715. The molecule has 4 rings (SSSR count). The molecule has 0 amide bonds. The van der Waals surface area contributed by atoms with Crippen LogP contribution in [0, 0.1) is 23.0 Å². The summed E-state index contributed by atoms with van der Waals surface area (Å²) in [4.78, 5) is 35.2. The molecule has 3 N–H and O–H groups in total. The fraction of sp³-hybridized carbons (Fsp3) is 0.593. The largest absolute Gasteiger partial charge is 0.493 e. The van der Waals surface area contributed by atoms with Crippen LogP contribution >= 0.6 is 0 Å². The van der Waals surface area contributed by atoms with Crippen molar-refractivity contribution < 1.29 is 33.3 Å². The molecule has 1 fully saturated rings. The zero-order valence-corrected chi connectivity index (χ0v) is 25.3. The zero-order chi connectivity index (χ0) is 31.4. The van der Waals surface area contributed by atoms with Crippen LogP contribution in [0.5, 0.6) is 5.75 Å². The summed E-state index contributed by atoms with van der Waals surface area (Å²) in [6.07, 6.45) is 1.87. The zero-order valence-electron chi connectivity index (χ0n) is 24.5. The fourth-order valence-electron chi connectivity index (χ4n) is 5.69. The lowest BCUT2D eigenvalue weighted by Gasteiger charge is -2.41. The quantitative estimate of drug-likeness (QED) is 0.175. The third-order valence-electron chi connectivity index (χ3n) is 7.85. The van der Waals surface area contributed by atoms with Crippen LogP contribution < -0.4 is 10.3 Å². The van der Waals surface area contributed by atoms with Gasteiger partial charge in [0.05, 0.1) is 35.0 Å². The van der Waals surface area contributed by atoms with Crippen molar-refractivity contribution in [3.05, 3.63) is 50.2 Å². The van der Waals surface area contributed by atoms with E-state index in [2.05, 4.69) is 19.9 Å². The summed E-state index contributed by atoms with van der Waals surface area (Å²) in [5.41, 5.74) is -0.679. The van der Waals surface area contributed by atoms with Gasteiger partial charge >= 0.3 is 0 Å². The number of aliphatic hydroxyl groups is 2. The fourth-order valence-corrected chi connectivity index (χ4v) is 7.18. The van der Waals surface area contributed by atoms with Gasteiger partial charge in [-0.05, 0) is 63.6 Å². The highest BCUT2D eigenvalue weighted by atomic mass is 32.2. The number of hydrogen-bond donors (Lipinski definition) is 3. The number of nitrogens with one attached hydrogen (secondary N) is 1. The van der Waals surface area contributed by atoms with Crippen LogP contribution in [0.15, 0.2) is 27.9 Å². The molecule has 3 heterocycles. The second kappa shape index (κ2) is 13.4. The van der Waals surface area contributed by atoms with Crippen LogP contribution in [0.3, 0.4) is 0 Å². The maximum atomic E-state index is 13.8. The number of aliphatic hydroxyl groups excluding tert-OH is 1. The first-order valence-corrected chi connectivity index (χ1v) is 15.8. The topological polar surface area (TPSA) is 202 Å². The molecule has 1 unspecified atom stereocenters. The van der Waals surface area contributed by atoms with E-state index in [1.165, 1.54) is 27.0 Å². The maximum Gasteiger partial charge on any atom is 0.294 e. The van der Waals surface area contributed by atoms with Crippen LogP contribution in [0.25, 0.3) is 16.9 Å². The van der Waals surface area contributed by atoms with Crippen molar-refractivity contribution in [3.8, 4) is 17.1 Å². The van der Waals surface area contributed by atoms with E-state index >= 15 is 0 Å². The number of benzene rings is 1. The van der Waals surface area contributed by atoms with Gasteiger partial charge in [-0.2, -0.15) is 4.31 Å². The first-order chi connectivity index (χ1) is 20.4. The van der Waals surface area contributed by atoms with Crippen LogP contribution in [0.1, 0.15) is 57.5 Å². The normalized spacial score (nSPS) is 16.3. The van der Waals surface area contributed by atoms with Crippen molar-refractivity contribution >= 4 is 15.5 Å². The average Bonchev–Trinajstić information content (AvgIpc) is 3.28. The molecule has 16 heteroatoms. The summed E-state index contributed by atoms with van der Waals surface area (Å²) in [5, 5.41) is 34.9. The summed E-state index contributed by atoms with van der Waals surface area (Å²) in [7, 11) is -4.01. The van der Waals surface area contributed by atoms with Gasteiger partial charge in [-0.25, -0.2) is 17.9 Å². The molecule has 1 aliphatic heterocycles. The lowest BCUT2D eigenvalue weighted by Crippen LogP contribution is -2.47. The number of nitrogens with zero attached hydrogens (tertiary/aromatic N) is 5. The number of aromatic amines is 1. The number of aromatic nitrogens is 4. The highest BCUT2D eigenvalue weighted by Crippen LogP contribution is 2.37. The van der Waals surface area contributed by atoms with Gasteiger partial charge < -0.3 is 24.8 Å². The summed E-state index contributed by atoms with van der Waals surface area (Å²) >= 11 is 0. The van der Waals surface area contributed by atoms with E-state index in [0.29, 0.717) is 41.4 Å². The molecule has 2 aromatic heterocycles. The first-order valence-electron chi connectivity index (χ1n) is 14.3. The number of H-pyrrole nitrogens is 1. The number of piperidine rings is 1. The van der Waals surface area contributed by atoms with Crippen LogP contribution in [0.4, 0.5) is 0 Å². The molecule has 1 aliphatic rings. The van der Waals surface area contributed by atoms with E-state index < -0.39 is 32.2 Å².